The summed E-state index contributed by atoms with van der Waals surface area (Å²) >= 11 is 4.66. The van der Waals surface area contributed by atoms with Gasteiger partial charge >= 0.3 is 5.97 Å². The van der Waals surface area contributed by atoms with Crippen LogP contribution in [0.15, 0.2) is 114 Å². The topological polar surface area (TPSA) is 152 Å². The molecule has 65 heavy (non-hydrogen) atoms. The lowest BCUT2D eigenvalue weighted by Crippen LogP contribution is -2.40. The summed E-state index contributed by atoms with van der Waals surface area (Å²) in [6.45, 7) is 2.47. The number of aromatic nitrogens is 1. The number of unbranched alkanes of at least 4 members (excludes halogenated alkanes) is 9. The minimum atomic E-state index is -1.95. The van der Waals surface area contributed by atoms with Crippen LogP contribution < -0.4 is 23.7 Å². The van der Waals surface area contributed by atoms with Crippen molar-refractivity contribution in [2.24, 2.45) is 7.05 Å². The Balaban J connectivity index is 1.26. The van der Waals surface area contributed by atoms with Crippen molar-refractivity contribution in [1.29, 1.82) is 0 Å². The molecule has 0 saturated carbocycles. The molecule has 0 spiro atoms. The van der Waals surface area contributed by atoms with Gasteiger partial charge in [0.25, 0.3) is 5.91 Å². The smallest absolute Gasteiger partial charge is 0.338 e. The van der Waals surface area contributed by atoms with Gasteiger partial charge in [-0.2, -0.15) is 0 Å². The van der Waals surface area contributed by atoms with E-state index < -0.39 is 34.8 Å². The average Bonchev–Trinajstić information content (AvgIpc) is 3.61. The molecule has 12 nitrogen and oxygen atoms in total. The number of ether oxygens (including phenoxy) is 4. The molecule has 0 bridgehead atoms. The molecule has 0 aliphatic rings. The SMILES string of the molecule is CCCCCCCCCCCCOC(=O)c1ccc(Cl)c(NC(=O)C(Oc2ccc(S(=O)Oc3ccc(O)cc3)cc2)C(=O)c2c(-c3ccc(OC)cc3)n(C)c3ccc(OC)cc23)c1. The molecule has 5 aromatic carbocycles. The molecule has 2 N–H and O–H groups in total. The number of aromatic hydroxyl groups is 1. The minimum Gasteiger partial charge on any atom is -0.508 e. The lowest BCUT2D eigenvalue weighted by atomic mass is 9.97. The second-order valence-corrected chi connectivity index (χ2v) is 17.1. The highest BCUT2D eigenvalue weighted by Gasteiger charge is 2.35. The molecule has 1 amide bonds. The van der Waals surface area contributed by atoms with E-state index in [4.69, 9.17) is 34.7 Å². The number of methoxy groups -OCH3 is 2. The number of aryl methyl sites for hydroxylation is 1. The summed E-state index contributed by atoms with van der Waals surface area (Å²) in [5.74, 6) is -0.641. The molecule has 1 aromatic heterocycles. The molecule has 6 rings (SSSR count). The Labute approximate surface area is 387 Å². The van der Waals surface area contributed by atoms with Crippen molar-refractivity contribution in [2.45, 2.75) is 82.1 Å². The highest BCUT2D eigenvalue weighted by molar-refractivity contribution is 7.80. The van der Waals surface area contributed by atoms with Crippen molar-refractivity contribution < 1.29 is 46.8 Å². The highest BCUT2D eigenvalue weighted by atomic mass is 35.5. The number of anilines is 1. The number of ketones is 1. The number of nitrogens with one attached hydrogen (secondary N) is 1. The number of Topliss-reactive ketones (excluding diaryl/α,β-unsaturated/α-hetero) is 1. The fourth-order valence-electron chi connectivity index (χ4n) is 7.43. The van der Waals surface area contributed by atoms with Gasteiger partial charge in [0, 0.05) is 18.0 Å². The molecule has 0 fully saturated rings. The summed E-state index contributed by atoms with van der Waals surface area (Å²) in [5.41, 5.74) is 2.28. The van der Waals surface area contributed by atoms with E-state index in [2.05, 4.69) is 12.2 Å². The van der Waals surface area contributed by atoms with Gasteiger partial charge in [0.15, 0.2) is 0 Å². The number of phenols is 1. The standard InChI is InChI=1S/C51H55ClN2O10S/c1-5-6-7-8-9-10-11-12-13-14-31-62-51(58)35-17-29-43(52)44(32-35)53-50(57)49(63-38-24-27-41(28-25-38)65(59)64-39-22-18-36(55)19-23-39)48(56)46-42-33-40(61-4)26-30-45(42)54(2)47(46)34-15-20-37(60-3)21-16-34/h15-30,32-33,49,55H,5-14,31H2,1-4H3,(H,53,57). The summed E-state index contributed by atoms with van der Waals surface area (Å²) in [4.78, 5) is 43.3. The number of halogens is 1. The van der Waals surface area contributed by atoms with E-state index in [1.54, 1.807) is 31.4 Å². The fraction of sp³-hybridized carbons (Fsp3) is 0.314. The highest BCUT2D eigenvalue weighted by Crippen LogP contribution is 2.37. The van der Waals surface area contributed by atoms with Crippen LogP contribution in [0.5, 0.6) is 28.7 Å². The van der Waals surface area contributed by atoms with Gasteiger partial charge < -0.3 is 38.1 Å². The Morgan fingerprint density at radius 1 is 0.723 bits per heavy atom. The molecular formula is C51H55ClN2O10S. The van der Waals surface area contributed by atoms with Gasteiger partial charge in [-0.05, 0) is 121 Å². The van der Waals surface area contributed by atoms with E-state index in [9.17, 15) is 18.9 Å². The van der Waals surface area contributed by atoms with E-state index in [1.165, 1.54) is 112 Å². The summed E-state index contributed by atoms with van der Waals surface area (Å²) < 4.78 is 43.3. The molecule has 2 unspecified atom stereocenters. The van der Waals surface area contributed by atoms with Crippen molar-refractivity contribution in [1.82, 2.24) is 4.57 Å². The number of hydrogen-bond donors (Lipinski definition) is 2. The zero-order valence-electron chi connectivity index (χ0n) is 37.1. The number of rotatable bonds is 24. The van der Waals surface area contributed by atoms with Crippen molar-refractivity contribution in [2.75, 3.05) is 26.1 Å². The Hall–Kier alpha value is -6.31. The number of carbonyl (C=O) groups is 3. The molecular weight excluding hydrogens is 868 g/mol. The van der Waals surface area contributed by atoms with Crippen molar-refractivity contribution in [3.05, 3.63) is 125 Å². The third-order valence-corrected chi connectivity index (χ3v) is 12.3. The summed E-state index contributed by atoms with van der Waals surface area (Å²) in [5, 5.41) is 13.0. The number of fused-ring (bicyclic) bond motifs is 1. The van der Waals surface area contributed by atoms with E-state index in [1.807, 2.05) is 29.8 Å². The Morgan fingerprint density at radius 3 is 1.97 bits per heavy atom. The number of phenolic OH excluding ortho intramolecular Hbond substituents is 1. The molecule has 2 atom stereocenters. The second kappa shape index (κ2) is 23.6. The second-order valence-electron chi connectivity index (χ2n) is 15.5. The van der Waals surface area contributed by atoms with Crippen LogP contribution >= 0.6 is 11.6 Å². The van der Waals surface area contributed by atoms with Crippen molar-refractivity contribution in [3.63, 3.8) is 0 Å². The molecule has 0 aliphatic carbocycles. The van der Waals surface area contributed by atoms with Gasteiger partial charge in [0.2, 0.25) is 23.0 Å². The van der Waals surface area contributed by atoms with E-state index in [-0.39, 0.29) is 50.6 Å². The molecule has 1 heterocycles. The monoisotopic (exact) mass is 922 g/mol. The third kappa shape index (κ3) is 12.7. The Morgan fingerprint density at radius 2 is 1.32 bits per heavy atom. The fourth-order valence-corrected chi connectivity index (χ4v) is 8.34. The number of amides is 1. The van der Waals surface area contributed by atoms with Crippen LogP contribution in [0.2, 0.25) is 5.02 Å². The lowest BCUT2D eigenvalue weighted by Gasteiger charge is -2.20. The predicted molar refractivity (Wildman–Crippen MR) is 254 cm³/mol. The zero-order valence-corrected chi connectivity index (χ0v) is 38.7. The normalized spacial score (nSPS) is 12.0. The van der Waals surface area contributed by atoms with Gasteiger partial charge in [-0.15, -0.1) is 0 Å². The maximum atomic E-state index is 15.2. The van der Waals surface area contributed by atoms with E-state index in [0.717, 1.165) is 25.7 Å². The van der Waals surface area contributed by atoms with E-state index >= 15 is 4.79 Å². The largest absolute Gasteiger partial charge is 0.508 e. The predicted octanol–water partition coefficient (Wildman–Crippen LogP) is 11.7. The third-order valence-electron chi connectivity index (χ3n) is 11.0. The molecule has 0 saturated heterocycles. The van der Waals surface area contributed by atoms with Crippen LogP contribution in [0, 0.1) is 0 Å². The number of benzene rings is 5. The first-order valence-corrected chi connectivity index (χ1v) is 23.2. The Bertz CT molecular complexity index is 2580. The molecule has 0 aliphatic heterocycles. The van der Waals surface area contributed by atoms with Crippen LogP contribution in [0.25, 0.3) is 22.2 Å². The average molecular weight is 924 g/mol. The first kappa shape index (κ1) is 48.2. The van der Waals surface area contributed by atoms with Crippen LogP contribution in [-0.4, -0.2) is 58.5 Å². The van der Waals surface area contributed by atoms with Crippen LogP contribution in [0.3, 0.4) is 0 Å². The molecule has 0 radical (unpaired) electrons. The quantitative estimate of drug-likeness (QED) is 0.0260. The maximum Gasteiger partial charge on any atom is 0.338 e. The van der Waals surface area contributed by atoms with Crippen LogP contribution in [-0.2, 0) is 27.7 Å². The van der Waals surface area contributed by atoms with Gasteiger partial charge in [-0.3, -0.25) is 9.59 Å². The summed E-state index contributed by atoms with van der Waals surface area (Å²) in [6, 6.07) is 28.6. The van der Waals surface area contributed by atoms with E-state index in [0.29, 0.717) is 33.7 Å². The first-order chi connectivity index (χ1) is 31.5. The minimum absolute atomic E-state index is 0.0313. The molecule has 14 heteroatoms. The lowest BCUT2D eigenvalue weighted by molar-refractivity contribution is -0.120. The van der Waals surface area contributed by atoms with Gasteiger partial charge in [-0.1, -0.05) is 76.3 Å². The van der Waals surface area contributed by atoms with Gasteiger partial charge in [-0.25, -0.2) is 9.00 Å². The Kier molecular flexibility index (Phi) is 17.5. The van der Waals surface area contributed by atoms with Crippen LogP contribution in [0.1, 0.15) is 91.8 Å². The number of carbonyl (C=O) groups excluding carboxylic acids is 3. The van der Waals surface area contributed by atoms with Crippen molar-refractivity contribution in [3.8, 4) is 40.0 Å². The van der Waals surface area contributed by atoms with Gasteiger partial charge in [0.1, 0.15) is 28.7 Å². The number of nitrogens with zero attached hydrogens (tertiary/aromatic N) is 1. The molecule has 342 valence electrons. The maximum absolute atomic E-state index is 15.2. The summed E-state index contributed by atoms with van der Waals surface area (Å²) in [7, 11) is 4.90. The molecule has 6 aromatic rings. The van der Waals surface area contributed by atoms with Crippen molar-refractivity contribution >= 4 is 56.9 Å². The van der Waals surface area contributed by atoms with Gasteiger partial charge in [0.05, 0.1) is 53.3 Å². The number of hydrogen-bond acceptors (Lipinski definition) is 10. The van der Waals surface area contributed by atoms with Crippen LogP contribution in [0.4, 0.5) is 5.69 Å². The first-order valence-electron chi connectivity index (χ1n) is 21.8. The number of esters is 1. The zero-order chi connectivity index (χ0) is 46.3. The summed E-state index contributed by atoms with van der Waals surface area (Å²) in [6.07, 6.45) is 9.69.